The standard InChI is InChI=1S/C42H67NO18/c1-20-15-41-11-7-27-39(2,9-4-10-40(27,3)38(55)43-29(50)5-6-30(51)52)28(41)8-12-42(20,19-41)61-37-34(60-35-24(49)14-22(47)25(17-45)57-35)33(32(54)26(18-46)58-37)59-36-31(53)23(48)13-21(16-44)56-36/h21-29,31-37,44-50,53-54H,1,4-19H2,2-3H3,(H,43,55)(H,51,52)/t21-,22-,23-,24+,25+,26+,27-,28-,29?,31+,32+,33-,34+,35-,36-,37?,39+,40+,41+,42-/m0/s1. The summed E-state index contributed by atoms with van der Waals surface area (Å²) in [7, 11) is 0. The van der Waals surface area contributed by atoms with Crippen LogP contribution >= 0.6 is 0 Å². The van der Waals surface area contributed by atoms with Gasteiger partial charge in [-0.2, -0.15) is 0 Å². The van der Waals surface area contributed by atoms with Crippen molar-refractivity contribution in [3.05, 3.63) is 12.2 Å². The maximum Gasteiger partial charge on any atom is 0.303 e. The Balaban J connectivity index is 1.16. The van der Waals surface area contributed by atoms with Gasteiger partial charge in [0.2, 0.25) is 5.91 Å². The summed E-state index contributed by atoms with van der Waals surface area (Å²) in [6.45, 7) is 6.96. The number of nitrogens with one attached hydrogen (secondary N) is 1. The first-order valence-electron chi connectivity index (χ1n) is 21.9. The SMILES string of the molecule is C=C1C[C@@]23CC[C@H]4[C@@](C)(CCC[C@@]4(C)C(=O)NC(O)CCC(=O)O)[C@@H]2CC[C@]1(OC1O[C@H](CO)[C@@H](O)[C@H](O[C@@H]2O[C@H](CO)C[C@H](O)[C@H]2O)[C@H]1O[C@@H]1O[C@H](CO)[C@@H](O)C[C@H]1O)C3. The highest BCUT2D eigenvalue weighted by Crippen LogP contribution is 2.73. The van der Waals surface area contributed by atoms with Crippen LogP contribution in [0.15, 0.2) is 12.2 Å². The molecule has 1 spiro atoms. The number of fused-ring (bicyclic) bond motifs is 3. The van der Waals surface area contributed by atoms with Crippen LogP contribution in [0, 0.1) is 28.1 Å². The Kier molecular flexibility index (Phi) is 14.0. The van der Waals surface area contributed by atoms with E-state index < -0.39 is 123 Å². The third-order valence-corrected chi connectivity index (χ3v) is 15.7. The fourth-order valence-corrected chi connectivity index (χ4v) is 12.7. The number of rotatable bonds is 14. The first-order valence-corrected chi connectivity index (χ1v) is 21.9. The Morgan fingerprint density at radius 3 is 2.18 bits per heavy atom. The quantitative estimate of drug-likeness (QED) is 0.0561. The smallest absolute Gasteiger partial charge is 0.303 e. The lowest BCUT2D eigenvalue weighted by Crippen LogP contribution is -2.66. The van der Waals surface area contributed by atoms with Gasteiger partial charge < -0.3 is 84.8 Å². The molecule has 20 atom stereocenters. The van der Waals surface area contributed by atoms with Crippen molar-refractivity contribution in [1.29, 1.82) is 0 Å². The lowest BCUT2D eigenvalue weighted by Gasteiger charge is -2.64. The average molecular weight is 874 g/mol. The number of aliphatic hydroxyl groups excluding tert-OH is 9. The molecule has 7 fully saturated rings. The molecule has 0 aromatic rings. The molecule has 1 amide bonds. The van der Waals surface area contributed by atoms with Gasteiger partial charge in [-0.15, -0.1) is 0 Å². The second-order valence-electron chi connectivity index (χ2n) is 19.4. The van der Waals surface area contributed by atoms with E-state index in [1.54, 1.807) is 0 Å². The number of ether oxygens (including phenoxy) is 6. The van der Waals surface area contributed by atoms with Gasteiger partial charge in [-0.3, -0.25) is 9.59 Å². The van der Waals surface area contributed by atoms with Crippen LogP contribution in [0.1, 0.15) is 97.3 Å². The van der Waals surface area contributed by atoms with Crippen LogP contribution in [-0.2, 0) is 38.0 Å². The molecule has 7 aliphatic rings. The zero-order valence-electron chi connectivity index (χ0n) is 35.0. The fourth-order valence-electron chi connectivity index (χ4n) is 12.7. The van der Waals surface area contributed by atoms with E-state index in [1.807, 2.05) is 6.92 Å². The summed E-state index contributed by atoms with van der Waals surface area (Å²) in [4.78, 5) is 25.0. The van der Waals surface area contributed by atoms with Gasteiger partial charge >= 0.3 is 5.97 Å². The van der Waals surface area contributed by atoms with Crippen molar-refractivity contribution in [2.45, 2.75) is 189 Å². The van der Waals surface area contributed by atoms with Gasteiger partial charge in [0.1, 0.15) is 49.0 Å². The van der Waals surface area contributed by atoms with Crippen LogP contribution in [0.2, 0.25) is 0 Å². The topological polar surface area (TPSA) is 304 Å². The summed E-state index contributed by atoms with van der Waals surface area (Å²) in [6, 6.07) is 0. The molecule has 0 aromatic carbocycles. The van der Waals surface area contributed by atoms with Crippen LogP contribution < -0.4 is 5.32 Å². The minimum absolute atomic E-state index is 0.0213. The van der Waals surface area contributed by atoms with Gasteiger partial charge in [0.25, 0.3) is 0 Å². The summed E-state index contributed by atoms with van der Waals surface area (Å²) in [5, 5.41) is 107. The van der Waals surface area contributed by atoms with Crippen LogP contribution in [0.5, 0.6) is 0 Å². The van der Waals surface area contributed by atoms with E-state index in [1.165, 1.54) is 0 Å². The first-order chi connectivity index (χ1) is 28.8. The van der Waals surface area contributed by atoms with Crippen LogP contribution in [0.4, 0.5) is 0 Å². The van der Waals surface area contributed by atoms with Crippen molar-refractivity contribution in [1.82, 2.24) is 5.32 Å². The molecular weight excluding hydrogens is 806 g/mol. The van der Waals surface area contributed by atoms with Gasteiger partial charge in [0.05, 0.1) is 43.7 Å². The molecule has 3 saturated heterocycles. The van der Waals surface area contributed by atoms with Gasteiger partial charge in [-0.05, 0) is 79.6 Å². The Bertz CT molecular complexity index is 1590. The van der Waals surface area contributed by atoms with Crippen LogP contribution in [0.25, 0.3) is 0 Å². The molecular formula is C42H67NO18. The molecule has 3 heterocycles. The van der Waals surface area contributed by atoms with Crippen molar-refractivity contribution >= 4 is 11.9 Å². The Hall–Kier alpha value is -1.92. The van der Waals surface area contributed by atoms with Crippen molar-refractivity contribution < 1.29 is 89.1 Å². The summed E-state index contributed by atoms with van der Waals surface area (Å²) in [5.41, 5.74) is -1.55. The molecule has 0 aromatic heterocycles. The molecule has 4 saturated carbocycles. The van der Waals surface area contributed by atoms with Gasteiger partial charge in [0, 0.05) is 31.1 Å². The highest BCUT2D eigenvalue weighted by molar-refractivity contribution is 5.83. The van der Waals surface area contributed by atoms with E-state index in [2.05, 4.69) is 18.8 Å². The van der Waals surface area contributed by atoms with Crippen molar-refractivity contribution in [2.75, 3.05) is 19.8 Å². The van der Waals surface area contributed by atoms with Gasteiger partial charge in [-0.25, -0.2) is 0 Å². The zero-order valence-corrected chi connectivity index (χ0v) is 35.0. The van der Waals surface area contributed by atoms with Crippen LogP contribution in [0.3, 0.4) is 0 Å². The zero-order chi connectivity index (χ0) is 44.2. The summed E-state index contributed by atoms with van der Waals surface area (Å²) < 4.78 is 37.4. The maximum absolute atomic E-state index is 13.9. The van der Waals surface area contributed by atoms with Crippen molar-refractivity contribution in [2.24, 2.45) is 28.1 Å². The Morgan fingerprint density at radius 1 is 0.803 bits per heavy atom. The maximum atomic E-state index is 13.9. The highest BCUT2D eigenvalue weighted by Gasteiger charge is 2.69. The molecule has 61 heavy (non-hydrogen) atoms. The molecule has 7 rings (SSSR count). The third kappa shape index (κ3) is 8.68. The second kappa shape index (κ2) is 18.2. The number of amides is 1. The van der Waals surface area contributed by atoms with E-state index in [0.717, 1.165) is 24.8 Å². The second-order valence-corrected chi connectivity index (χ2v) is 19.4. The van der Waals surface area contributed by atoms with E-state index in [4.69, 9.17) is 33.5 Å². The third-order valence-electron chi connectivity index (χ3n) is 15.7. The number of carbonyl (C=O) groups excluding carboxylic acids is 1. The largest absolute Gasteiger partial charge is 0.481 e. The molecule has 4 aliphatic carbocycles. The van der Waals surface area contributed by atoms with E-state index in [-0.39, 0.29) is 54.3 Å². The number of carboxylic acid groups (broad SMARTS) is 1. The summed E-state index contributed by atoms with van der Waals surface area (Å²) >= 11 is 0. The minimum atomic E-state index is -1.66. The lowest BCUT2D eigenvalue weighted by atomic mass is 9.40. The number of aliphatic carboxylic acids is 1. The number of carboxylic acids is 1. The van der Waals surface area contributed by atoms with E-state index in [9.17, 15) is 55.5 Å². The monoisotopic (exact) mass is 873 g/mol. The Labute approximate surface area is 354 Å². The lowest BCUT2D eigenvalue weighted by molar-refractivity contribution is -0.392. The molecule has 348 valence electrons. The molecule has 19 nitrogen and oxygen atoms in total. The van der Waals surface area contributed by atoms with Crippen LogP contribution in [-0.4, -0.2) is 175 Å². The van der Waals surface area contributed by atoms with Gasteiger partial charge in [0.15, 0.2) is 18.9 Å². The van der Waals surface area contributed by atoms with E-state index in [0.29, 0.717) is 38.5 Å². The first kappa shape index (κ1) is 47.1. The normalized spacial score (nSPS) is 49.1. The van der Waals surface area contributed by atoms with E-state index >= 15 is 0 Å². The average Bonchev–Trinajstić information content (AvgIpc) is 3.41. The number of aliphatic hydroxyl groups is 9. The number of hydrogen-bond donors (Lipinski definition) is 11. The highest BCUT2D eigenvalue weighted by atomic mass is 16.8. The molecule has 11 N–H and O–H groups in total. The number of carbonyl (C=O) groups is 2. The predicted molar refractivity (Wildman–Crippen MR) is 207 cm³/mol. The molecule has 19 heteroatoms. The summed E-state index contributed by atoms with van der Waals surface area (Å²) in [5.74, 6) is -1.20. The molecule has 2 bridgehead atoms. The Morgan fingerprint density at radius 2 is 1.49 bits per heavy atom. The molecule has 2 unspecified atom stereocenters. The predicted octanol–water partition coefficient (Wildman–Crippen LogP) is -1.10. The van der Waals surface area contributed by atoms with Gasteiger partial charge in [-0.1, -0.05) is 26.8 Å². The molecule has 3 aliphatic heterocycles. The van der Waals surface area contributed by atoms with Crippen molar-refractivity contribution in [3.8, 4) is 0 Å². The summed E-state index contributed by atoms with van der Waals surface area (Å²) in [6.07, 6.45) is -14.1. The minimum Gasteiger partial charge on any atom is -0.481 e. The van der Waals surface area contributed by atoms with Crippen molar-refractivity contribution in [3.63, 3.8) is 0 Å². The number of hydrogen-bond acceptors (Lipinski definition) is 17. The fraction of sp³-hybridized carbons (Fsp3) is 0.905. The molecule has 0 radical (unpaired) electrons.